The zero-order chi connectivity index (χ0) is 26.4. The first-order valence-electron chi connectivity index (χ1n) is 13.9. The molecule has 1 aliphatic carbocycles. The zero-order valence-electron chi connectivity index (χ0n) is 23.0. The molecule has 2 fully saturated rings. The molecule has 3 aliphatic rings. The van der Waals surface area contributed by atoms with Gasteiger partial charge in [0.15, 0.2) is 0 Å². The van der Waals surface area contributed by atoms with Gasteiger partial charge in [-0.2, -0.15) is 5.10 Å². The maximum atomic E-state index is 13.7. The Morgan fingerprint density at radius 3 is 2.57 bits per heavy atom. The van der Waals surface area contributed by atoms with Crippen molar-refractivity contribution in [3.63, 3.8) is 0 Å². The minimum atomic E-state index is -0.0255. The Morgan fingerprint density at radius 2 is 1.89 bits per heavy atom. The molecule has 0 spiro atoms. The van der Waals surface area contributed by atoms with Gasteiger partial charge >= 0.3 is 0 Å². The van der Waals surface area contributed by atoms with Crippen LogP contribution in [0.2, 0.25) is 0 Å². The molecule has 0 bridgehead atoms. The van der Waals surface area contributed by atoms with E-state index < -0.39 is 0 Å². The van der Waals surface area contributed by atoms with Crippen molar-refractivity contribution in [2.45, 2.75) is 71.8 Å². The number of piperazine rings is 1. The molecule has 2 amide bonds. The highest BCUT2D eigenvalue weighted by Gasteiger charge is 2.31. The van der Waals surface area contributed by atoms with Crippen molar-refractivity contribution in [2.24, 2.45) is 5.10 Å². The van der Waals surface area contributed by atoms with Crippen LogP contribution in [0.15, 0.2) is 22.8 Å². The Balaban J connectivity index is 1.69. The van der Waals surface area contributed by atoms with Crippen LogP contribution in [0, 0.1) is 6.92 Å². The number of benzene rings is 1. The van der Waals surface area contributed by atoms with Gasteiger partial charge < -0.3 is 15.0 Å². The molecule has 8 heteroatoms. The molecule has 2 aliphatic heterocycles. The number of aryl methyl sites for hydroxylation is 1. The Labute approximate surface area is 221 Å². The number of methoxy groups -OCH3 is 1. The number of carbonyl (C=O) groups excluding carboxylic acids is 2. The van der Waals surface area contributed by atoms with Crippen LogP contribution in [-0.4, -0.2) is 85.3 Å². The number of rotatable bonds is 8. The molecule has 8 nitrogen and oxygen atoms in total. The summed E-state index contributed by atoms with van der Waals surface area (Å²) in [4.78, 5) is 30.8. The lowest BCUT2D eigenvalue weighted by molar-refractivity contribution is -0.115. The molecular formula is C29H43N5O3. The highest BCUT2D eigenvalue weighted by Crippen LogP contribution is 2.39. The number of amides is 2. The Bertz CT molecular complexity index is 1040. The van der Waals surface area contributed by atoms with E-state index in [9.17, 15) is 9.59 Å². The van der Waals surface area contributed by atoms with E-state index in [1.54, 1.807) is 7.11 Å². The minimum Gasteiger partial charge on any atom is -0.383 e. The summed E-state index contributed by atoms with van der Waals surface area (Å²) in [5.74, 6) is 0.0306. The third-order valence-electron chi connectivity index (χ3n) is 7.76. The number of ether oxygens (including phenoxy) is 1. The number of anilines is 1. The van der Waals surface area contributed by atoms with E-state index in [0.29, 0.717) is 37.7 Å². The Morgan fingerprint density at radius 1 is 1.16 bits per heavy atom. The first-order chi connectivity index (χ1) is 17.9. The standard InChI is InChI=1S/C29H43N5O3/c1-5-11-30-34(23-9-7-6-8-10-23)28-22(3)19-27(35)31-26-18-21(2)24(20-25(26)28)29(36)33-14-12-32(13-15-33)16-17-37-4/h11,18,20,23H,5-10,12-17,19H2,1-4H3,(H,31,35)/b30-11-. The predicted octanol–water partition coefficient (Wildman–Crippen LogP) is 4.50. The SMILES string of the molecule is CC/C=N\N(C1=C(C)CC(=O)Nc2cc(C)c(C(=O)N3CCN(CCOC)CC3)cc21)C1CCCCC1. The van der Waals surface area contributed by atoms with Crippen molar-refractivity contribution < 1.29 is 14.3 Å². The zero-order valence-corrected chi connectivity index (χ0v) is 23.0. The summed E-state index contributed by atoms with van der Waals surface area (Å²) < 4.78 is 5.21. The number of hydrogen-bond acceptors (Lipinski definition) is 6. The number of carbonyl (C=O) groups is 2. The highest BCUT2D eigenvalue weighted by atomic mass is 16.5. The average molecular weight is 510 g/mol. The number of hydrogen-bond donors (Lipinski definition) is 1. The summed E-state index contributed by atoms with van der Waals surface area (Å²) >= 11 is 0. The number of hydrazone groups is 1. The van der Waals surface area contributed by atoms with E-state index in [1.807, 2.05) is 37.1 Å². The summed E-state index contributed by atoms with van der Waals surface area (Å²) in [7, 11) is 1.72. The molecule has 202 valence electrons. The van der Waals surface area contributed by atoms with Gasteiger partial charge in [0.05, 0.1) is 30.5 Å². The number of nitrogens with zero attached hydrogens (tertiary/aromatic N) is 4. The predicted molar refractivity (Wildman–Crippen MR) is 149 cm³/mol. The third-order valence-corrected chi connectivity index (χ3v) is 7.76. The molecule has 0 aromatic heterocycles. The van der Waals surface area contributed by atoms with Crippen LogP contribution in [0.4, 0.5) is 5.69 Å². The van der Waals surface area contributed by atoms with Crippen LogP contribution >= 0.6 is 0 Å². The van der Waals surface area contributed by atoms with Crippen molar-refractivity contribution in [3.8, 4) is 0 Å². The largest absolute Gasteiger partial charge is 0.383 e. The molecule has 1 aromatic rings. The first kappa shape index (κ1) is 27.3. The van der Waals surface area contributed by atoms with Crippen LogP contribution in [0.5, 0.6) is 0 Å². The molecule has 0 radical (unpaired) electrons. The second kappa shape index (κ2) is 12.7. The summed E-state index contributed by atoms with van der Waals surface area (Å²) in [5.41, 5.74) is 5.21. The van der Waals surface area contributed by atoms with Gasteiger partial charge in [-0.25, -0.2) is 0 Å². The van der Waals surface area contributed by atoms with Crippen LogP contribution in [-0.2, 0) is 9.53 Å². The van der Waals surface area contributed by atoms with Crippen molar-refractivity contribution >= 4 is 29.4 Å². The molecule has 1 saturated heterocycles. The smallest absolute Gasteiger partial charge is 0.254 e. The highest BCUT2D eigenvalue weighted by molar-refractivity contribution is 6.03. The normalized spacial score (nSPS) is 19.7. The van der Waals surface area contributed by atoms with Crippen LogP contribution < -0.4 is 5.32 Å². The first-order valence-corrected chi connectivity index (χ1v) is 13.9. The molecule has 1 saturated carbocycles. The van der Waals surface area contributed by atoms with E-state index >= 15 is 0 Å². The van der Waals surface area contributed by atoms with E-state index in [1.165, 1.54) is 19.3 Å². The lowest BCUT2D eigenvalue weighted by Crippen LogP contribution is -2.49. The van der Waals surface area contributed by atoms with Crippen molar-refractivity contribution in [3.05, 3.63) is 34.4 Å². The van der Waals surface area contributed by atoms with Gasteiger partial charge in [0, 0.05) is 57.2 Å². The van der Waals surface area contributed by atoms with Gasteiger partial charge in [0.1, 0.15) is 0 Å². The molecule has 0 unspecified atom stereocenters. The van der Waals surface area contributed by atoms with Gasteiger partial charge in [-0.05, 0) is 56.4 Å². The van der Waals surface area contributed by atoms with Crippen LogP contribution in [0.3, 0.4) is 0 Å². The van der Waals surface area contributed by atoms with Gasteiger partial charge in [0.2, 0.25) is 5.91 Å². The van der Waals surface area contributed by atoms with Gasteiger partial charge in [-0.3, -0.25) is 19.5 Å². The summed E-state index contributed by atoms with van der Waals surface area (Å²) in [6.45, 7) is 10.8. The van der Waals surface area contributed by atoms with E-state index in [-0.39, 0.29) is 11.8 Å². The maximum Gasteiger partial charge on any atom is 0.254 e. The van der Waals surface area contributed by atoms with Gasteiger partial charge in [-0.15, -0.1) is 0 Å². The molecular weight excluding hydrogens is 466 g/mol. The molecule has 1 N–H and O–H groups in total. The Kier molecular flexibility index (Phi) is 9.38. The minimum absolute atomic E-state index is 0.0255. The average Bonchev–Trinajstić information content (AvgIpc) is 3.02. The lowest BCUT2D eigenvalue weighted by atomic mass is 9.92. The summed E-state index contributed by atoms with van der Waals surface area (Å²) in [6, 6.07) is 4.27. The molecule has 1 aromatic carbocycles. The molecule has 4 rings (SSSR count). The van der Waals surface area contributed by atoms with E-state index in [0.717, 1.165) is 67.0 Å². The van der Waals surface area contributed by atoms with Gasteiger partial charge in [-0.1, -0.05) is 26.2 Å². The fraction of sp³-hybridized carbons (Fsp3) is 0.621. The van der Waals surface area contributed by atoms with Crippen molar-refractivity contribution in [1.29, 1.82) is 0 Å². The maximum absolute atomic E-state index is 13.7. The molecule has 37 heavy (non-hydrogen) atoms. The second-order valence-electron chi connectivity index (χ2n) is 10.5. The number of fused-ring (bicyclic) bond motifs is 1. The fourth-order valence-electron chi connectivity index (χ4n) is 5.70. The topological polar surface area (TPSA) is 77.5 Å². The summed E-state index contributed by atoms with van der Waals surface area (Å²) in [5, 5.41) is 10.2. The van der Waals surface area contributed by atoms with Crippen LogP contribution in [0.25, 0.3) is 5.70 Å². The summed E-state index contributed by atoms with van der Waals surface area (Å²) in [6.07, 6.45) is 8.92. The molecule has 2 heterocycles. The van der Waals surface area contributed by atoms with E-state index in [2.05, 4.69) is 22.1 Å². The lowest BCUT2D eigenvalue weighted by Gasteiger charge is -2.36. The second-order valence-corrected chi connectivity index (χ2v) is 10.5. The third kappa shape index (κ3) is 6.41. The molecule has 0 atom stereocenters. The Hall–Kier alpha value is -2.71. The van der Waals surface area contributed by atoms with E-state index in [4.69, 9.17) is 9.84 Å². The van der Waals surface area contributed by atoms with Gasteiger partial charge in [0.25, 0.3) is 5.91 Å². The van der Waals surface area contributed by atoms with Crippen molar-refractivity contribution in [2.75, 3.05) is 51.8 Å². The quantitative estimate of drug-likeness (QED) is 0.412. The fourth-order valence-corrected chi connectivity index (χ4v) is 5.70. The van der Waals surface area contributed by atoms with Crippen LogP contribution in [0.1, 0.15) is 80.3 Å². The number of nitrogens with one attached hydrogen (secondary N) is 1. The monoisotopic (exact) mass is 509 g/mol. The van der Waals surface area contributed by atoms with Crippen molar-refractivity contribution in [1.82, 2.24) is 14.8 Å².